The molecule has 1 aromatic rings. The largest absolute Gasteiger partial charge is 0.273 e. The molecule has 0 bridgehead atoms. The highest BCUT2D eigenvalue weighted by atomic mass is 16.2. The van der Waals surface area contributed by atoms with Crippen LogP contribution in [0.25, 0.3) is 0 Å². The fourth-order valence-electron chi connectivity index (χ4n) is 1.78. The van der Waals surface area contributed by atoms with Gasteiger partial charge in [-0.25, -0.2) is 15.4 Å². The molecule has 1 N–H and O–H groups in total. The zero-order chi connectivity index (χ0) is 9.54. The van der Waals surface area contributed by atoms with Crippen molar-refractivity contribution in [3.8, 4) is 0 Å². The summed E-state index contributed by atoms with van der Waals surface area (Å²) < 4.78 is 0. The Morgan fingerprint density at radius 3 is 2.86 bits per heavy atom. The summed E-state index contributed by atoms with van der Waals surface area (Å²) in [5, 5.41) is 4.04. The summed E-state index contributed by atoms with van der Waals surface area (Å²) in [7, 11) is 0. The van der Waals surface area contributed by atoms with E-state index in [1.165, 1.54) is 6.33 Å². The first-order valence-electron chi connectivity index (χ1n) is 4.49. The number of amides is 1. The third kappa shape index (κ3) is 1.02. The molecule has 3 rings (SSSR count). The predicted octanol–water partition coefficient (Wildman–Crippen LogP) is -0.0534. The van der Waals surface area contributed by atoms with Crippen molar-refractivity contribution in [1.29, 1.82) is 0 Å². The SMILES string of the molecule is O=C1NN=C(c2cncnc2)[C@@H]2C[C@H]12. The number of nitrogens with zero attached hydrogens (tertiary/aromatic N) is 3. The predicted molar refractivity (Wildman–Crippen MR) is 48.3 cm³/mol. The number of fused-ring (bicyclic) bond motifs is 1. The van der Waals surface area contributed by atoms with Crippen LogP contribution in [0.4, 0.5) is 0 Å². The molecule has 5 heteroatoms. The molecule has 0 aromatic carbocycles. The Morgan fingerprint density at radius 1 is 1.29 bits per heavy atom. The van der Waals surface area contributed by atoms with Gasteiger partial charge in [0.05, 0.1) is 5.71 Å². The molecule has 1 aliphatic heterocycles. The normalized spacial score (nSPS) is 28.9. The lowest BCUT2D eigenvalue weighted by molar-refractivity contribution is -0.122. The van der Waals surface area contributed by atoms with Crippen LogP contribution in [-0.2, 0) is 4.79 Å². The molecule has 70 valence electrons. The van der Waals surface area contributed by atoms with Crippen LogP contribution in [0.5, 0.6) is 0 Å². The van der Waals surface area contributed by atoms with Crippen LogP contribution in [0.1, 0.15) is 12.0 Å². The van der Waals surface area contributed by atoms with Crippen molar-refractivity contribution < 1.29 is 4.79 Å². The van der Waals surface area contributed by atoms with Crippen molar-refractivity contribution in [2.75, 3.05) is 0 Å². The molecular weight excluding hydrogens is 180 g/mol. The first-order valence-corrected chi connectivity index (χ1v) is 4.49. The van der Waals surface area contributed by atoms with Gasteiger partial charge in [-0.3, -0.25) is 4.79 Å². The molecule has 14 heavy (non-hydrogen) atoms. The van der Waals surface area contributed by atoms with Gasteiger partial charge in [-0.2, -0.15) is 5.10 Å². The monoisotopic (exact) mass is 188 g/mol. The molecule has 1 aliphatic carbocycles. The molecule has 1 aromatic heterocycles. The van der Waals surface area contributed by atoms with E-state index >= 15 is 0 Å². The highest BCUT2D eigenvalue weighted by molar-refractivity contribution is 6.09. The van der Waals surface area contributed by atoms with Crippen molar-refractivity contribution in [3.05, 3.63) is 24.3 Å². The summed E-state index contributed by atoms with van der Waals surface area (Å²) in [6, 6.07) is 0. The fraction of sp³-hybridized carbons (Fsp3) is 0.333. The Bertz CT molecular complexity index is 414. The van der Waals surface area contributed by atoms with Gasteiger partial charge in [-0.15, -0.1) is 0 Å². The topological polar surface area (TPSA) is 67.2 Å². The molecule has 2 heterocycles. The Labute approximate surface area is 80.3 Å². The van der Waals surface area contributed by atoms with E-state index in [2.05, 4.69) is 20.5 Å². The van der Waals surface area contributed by atoms with Crippen molar-refractivity contribution >= 4 is 11.6 Å². The zero-order valence-corrected chi connectivity index (χ0v) is 7.34. The minimum absolute atomic E-state index is 0.0376. The lowest BCUT2D eigenvalue weighted by Crippen LogP contribution is -2.28. The first-order chi connectivity index (χ1) is 6.86. The maximum absolute atomic E-state index is 11.2. The lowest BCUT2D eigenvalue weighted by atomic mass is 10.1. The molecule has 0 radical (unpaired) electrons. The van der Waals surface area contributed by atoms with E-state index in [0.717, 1.165) is 17.7 Å². The van der Waals surface area contributed by atoms with Gasteiger partial charge in [0.2, 0.25) is 5.91 Å². The summed E-state index contributed by atoms with van der Waals surface area (Å²) in [6.07, 6.45) is 5.83. The maximum Gasteiger partial charge on any atom is 0.243 e. The summed E-state index contributed by atoms with van der Waals surface area (Å²) in [4.78, 5) is 19.0. The van der Waals surface area contributed by atoms with Gasteiger partial charge in [-0.05, 0) is 6.42 Å². The molecule has 0 unspecified atom stereocenters. The van der Waals surface area contributed by atoms with Crippen LogP contribution in [0.2, 0.25) is 0 Å². The van der Waals surface area contributed by atoms with E-state index < -0.39 is 0 Å². The van der Waals surface area contributed by atoms with Crippen LogP contribution in [-0.4, -0.2) is 21.6 Å². The number of nitrogens with one attached hydrogen (secondary N) is 1. The van der Waals surface area contributed by atoms with Crippen LogP contribution < -0.4 is 5.43 Å². The fourth-order valence-corrected chi connectivity index (χ4v) is 1.78. The second-order valence-electron chi connectivity index (χ2n) is 3.55. The van der Waals surface area contributed by atoms with Gasteiger partial charge in [0, 0.05) is 29.8 Å². The van der Waals surface area contributed by atoms with Gasteiger partial charge in [0.25, 0.3) is 0 Å². The second-order valence-corrected chi connectivity index (χ2v) is 3.55. The number of carbonyl (C=O) groups excluding carboxylic acids is 1. The van der Waals surface area contributed by atoms with E-state index in [0.29, 0.717) is 0 Å². The minimum atomic E-state index is 0.0376. The molecule has 0 saturated heterocycles. The summed E-state index contributed by atoms with van der Waals surface area (Å²) in [5.74, 6) is 0.452. The minimum Gasteiger partial charge on any atom is -0.273 e. The number of hydrogen-bond donors (Lipinski definition) is 1. The van der Waals surface area contributed by atoms with Crippen LogP contribution in [0.3, 0.4) is 0 Å². The number of hydrazone groups is 1. The Hall–Kier alpha value is -1.78. The number of hydrogen-bond acceptors (Lipinski definition) is 4. The van der Waals surface area contributed by atoms with E-state index in [9.17, 15) is 4.79 Å². The molecule has 2 atom stereocenters. The van der Waals surface area contributed by atoms with Crippen molar-refractivity contribution in [3.63, 3.8) is 0 Å². The van der Waals surface area contributed by atoms with Gasteiger partial charge in [-0.1, -0.05) is 0 Å². The van der Waals surface area contributed by atoms with Gasteiger partial charge < -0.3 is 0 Å². The molecule has 1 saturated carbocycles. The lowest BCUT2D eigenvalue weighted by Gasteiger charge is -2.10. The summed E-state index contributed by atoms with van der Waals surface area (Å²) in [6.45, 7) is 0. The average Bonchev–Trinajstić information content (AvgIpc) is 3.00. The van der Waals surface area contributed by atoms with Crippen molar-refractivity contribution in [2.24, 2.45) is 16.9 Å². The maximum atomic E-state index is 11.2. The van der Waals surface area contributed by atoms with Crippen LogP contribution >= 0.6 is 0 Å². The summed E-state index contributed by atoms with van der Waals surface area (Å²) in [5.41, 5.74) is 4.33. The van der Waals surface area contributed by atoms with Crippen LogP contribution in [0.15, 0.2) is 23.8 Å². The standard InChI is InChI=1S/C9H8N4O/c14-9-7-1-6(7)8(12-13-9)5-2-10-4-11-3-5/h2-4,6-7H,1H2,(H,13,14)/t6-,7+/m1/s1. The number of rotatable bonds is 1. The van der Waals surface area contributed by atoms with E-state index in [1.54, 1.807) is 12.4 Å². The Kier molecular flexibility index (Phi) is 1.41. The Balaban J connectivity index is 1.97. The third-order valence-electron chi connectivity index (χ3n) is 2.62. The zero-order valence-electron chi connectivity index (χ0n) is 7.34. The third-order valence-corrected chi connectivity index (χ3v) is 2.62. The van der Waals surface area contributed by atoms with Gasteiger partial charge in [0.1, 0.15) is 6.33 Å². The molecule has 0 spiro atoms. The smallest absolute Gasteiger partial charge is 0.243 e. The average molecular weight is 188 g/mol. The highest BCUT2D eigenvalue weighted by Gasteiger charge is 2.49. The molecular formula is C9H8N4O. The first kappa shape index (κ1) is 7.61. The quantitative estimate of drug-likeness (QED) is 0.671. The van der Waals surface area contributed by atoms with Crippen LogP contribution in [0, 0.1) is 11.8 Å². The van der Waals surface area contributed by atoms with E-state index in [4.69, 9.17) is 0 Å². The number of aromatic nitrogens is 2. The summed E-state index contributed by atoms with van der Waals surface area (Å²) >= 11 is 0. The molecule has 2 aliphatic rings. The molecule has 1 amide bonds. The Morgan fingerprint density at radius 2 is 2.07 bits per heavy atom. The van der Waals surface area contributed by atoms with Crippen molar-refractivity contribution in [1.82, 2.24) is 15.4 Å². The van der Waals surface area contributed by atoms with Crippen molar-refractivity contribution in [2.45, 2.75) is 6.42 Å². The second kappa shape index (κ2) is 2.60. The molecule has 1 fully saturated rings. The molecule has 5 nitrogen and oxygen atoms in total. The number of carbonyl (C=O) groups is 1. The highest BCUT2D eigenvalue weighted by Crippen LogP contribution is 2.43. The van der Waals surface area contributed by atoms with Gasteiger partial charge in [0.15, 0.2) is 0 Å². The van der Waals surface area contributed by atoms with E-state index in [1.807, 2.05) is 0 Å². The van der Waals surface area contributed by atoms with Gasteiger partial charge >= 0.3 is 0 Å². The van der Waals surface area contributed by atoms with E-state index in [-0.39, 0.29) is 17.7 Å².